The largest absolute Gasteiger partial charge is 0.340 e. The van der Waals surface area contributed by atoms with Gasteiger partial charge in [0, 0.05) is 19.2 Å². The van der Waals surface area contributed by atoms with E-state index in [0.717, 1.165) is 5.56 Å². The minimum absolute atomic E-state index is 0.0430. The Morgan fingerprint density at radius 3 is 2.23 bits per heavy atom. The Morgan fingerprint density at radius 2 is 1.69 bits per heavy atom. The van der Waals surface area contributed by atoms with Crippen LogP contribution in [0.3, 0.4) is 0 Å². The van der Waals surface area contributed by atoms with Crippen LogP contribution in [0.15, 0.2) is 54.6 Å². The molecule has 0 saturated carbocycles. The van der Waals surface area contributed by atoms with Gasteiger partial charge in [-0.25, -0.2) is 0 Å². The lowest BCUT2D eigenvalue weighted by Gasteiger charge is -2.27. The van der Waals surface area contributed by atoms with E-state index < -0.39 is 6.04 Å². The molecule has 2 rings (SSSR count). The Bertz CT molecular complexity index is 792. The molecule has 134 valence electrons. The van der Waals surface area contributed by atoms with E-state index in [1.807, 2.05) is 32.0 Å². The molecule has 0 spiro atoms. The van der Waals surface area contributed by atoms with Crippen LogP contribution in [0.4, 0.5) is 0 Å². The van der Waals surface area contributed by atoms with Crippen LogP contribution in [-0.4, -0.2) is 29.8 Å². The van der Waals surface area contributed by atoms with Crippen molar-refractivity contribution in [2.45, 2.75) is 26.4 Å². The summed E-state index contributed by atoms with van der Waals surface area (Å²) in [5, 5.41) is 11.7. The van der Waals surface area contributed by atoms with Gasteiger partial charge in [-0.15, -0.1) is 0 Å². The molecule has 0 aliphatic heterocycles. The summed E-state index contributed by atoms with van der Waals surface area (Å²) in [7, 11) is 1.71. The molecule has 0 unspecified atom stereocenters. The minimum Gasteiger partial charge on any atom is -0.340 e. The number of carbonyl (C=O) groups is 2. The third-order valence-electron chi connectivity index (χ3n) is 4.13. The Labute approximate surface area is 154 Å². The van der Waals surface area contributed by atoms with E-state index >= 15 is 0 Å². The lowest BCUT2D eigenvalue weighted by atomic mass is 10.0. The van der Waals surface area contributed by atoms with Crippen molar-refractivity contribution in [3.63, 3.8) is 0 Å². The normalized spacial score (nSPS) is 11.5. The summed E-state index contributed by atoms with van der Waals surface area (Å²) in [5.41, 5.74) is 2.04. The Morgan fingerprint density at radius 1 is 1.08 bits per heavy atom. The van der Waals surface area contributed by atoms with Crippen LogP contribution in [0.2, 0.25) is 0 Å². The van der Waals surface area contributed by atoms with Crippen molar-refractivity contribution in [2.24, 2.45) is 5.92 Å². The van der Waals surface area contributed by atoms with Gasteiger partial charge in [0.2, 0.25) is 5.91 Å². The van der Waals surface area contributed by atoms with Crippen LogP contribution in [0, 0.1) is 17.2 Å². The van der Waals surface area contributed by atoms with Crippen molar-refractivity contribution < 1.29 is 9.59 Å². The lowest BCUT2D eigenvalue weighted by Crippen LogP contribution is -2.50. The zero-order valence-electron chi connectivity index (χ0n) is 15.3. The molecule has 2 aromatic rings. The second-order valence-electron chi connectivity index (χ2n) is 6.56. The molecular formula is C21H23N3O2. The minimum atomic E-state index is -0.605. The summed E-state index contributed by atoms with van der Waals surface area (Å²) in [6, 6.07) is 17.4. The molecule has 0 aliphatic carbocycles. The molecule has 2 aromatic carbocycles. The maximum atomic E-state index is 12.8. The smallest absolute Gasteiger partial charge is 0.251 e. The molecule has 1 atom stereocenters. The number of nitrogens with zero attached hydrogens (tertiary/aromatic N) is 2. The lowest BCUT2D eigenvalue weighted by molar-refractivity contribution is -0.133. The first-order valence-electron chi connectivity index (χ1n) is 8.52. The summed E-state index contributed by atoms with van der Waals surface area (Å²) >= 11 is 0. The van der Waals surface area contributed by atoms with E-state index in [0.29, 0.717) is 17.7 Å². The van der Waals surface area contributed by atoms with Crippen molar-refractivity contribution in [1.82, 2.24) is 10.2 Å². The molecule has 0 aliphatic rings. The maximum Gasteiger partial charge on any atom is 0.251 e. The highest BCUT2D eigenvalue weighted by Crippen LogP contribution is 2.11. The van der Waals surface area contributed by atoms with Gasteiger partial charge in [-0.2, -0.15) is 5.26 Å². The quantitative estimate of drug-likeness (QED) is 0.871. The Balaban J connectivity index is 2.06. The first-order valence-corrected chi connectivity index (χ1v) is 8.52. The van der Waals surface area contributed by atoms with E-state index in [1.54, 1.807) is 48.3 Å². The van der Waals surface area contributed by atoms with Gasteiger partial charge in [0.05, 0.1) is 11.6 Å². The number of benzene rings is 2. The number of hydrogen-bond donors (Lipinski definition) is 1. The van der Waals surface area contributed by atoms with Crippen LogP contribution >= 0.6 is 0 Å². The standard InChI is InChI=1S/C21H23N3O2/c1-15(2)19(23-20(25)18-7-5-4-6-8-18)21(26)24(3)14-17-11-9-16(13-22)10-12-17/h4-12,15,19H,14H2,1-3H3,(H,23,25)/t19-/m1/s1. The maximum absolute atomic E-state index is 12.8. The van der Waals surface area contributed by atoms with Crippen LogP contribution in [0.25, 0.3) is 0 Å². The molecule has 0 fully saturated rings. The van der Waals surface area contributed by atoms with Crippen molar-refractivity contribution >= 4 is 11.8 Å². The third-order valence-corrected chi connectivity index (χ3v) is 4.13. The Kier molecular flexibility index (Phi) is 6.51. The van der Waals surface area contributed by atoms with E-state index in [1.165, 1.54) is 0 Å². The summed E-state index contributed by atoms with van der Waals surface area (Å²) in [4.78, 5) is 26.8. The second kappa shape index (κ2) is 8.82. The number of hydrogen-bond acceptors (Lipinski definition) is 3. The fourth-order valence-corrected chi connectivity index (χ4v) is 2.60. The van der Waals surface area contributed by atoms with Crippen molar-refractivity contribution in [1.29, 1.82) is 5.26 Å². The molecule has 0 radical (unpaired) electrons. The SMILES string of the molecule is CC(C)[C@@H](NC(=O)c1ccccc1)C(=O)N(C)Cc1ccc(C#N)cc1. The van der Waals surface area contributed by atoms with E-state index in [9.17, 15) is 9.59 Å². The monoisotopic (exact) mass is 349 g/mol. The van der Waals surface area contributed by atoms with Gasteiger partial charge < -0.3 is 10.2 Å². The van der Waals surface area contributed by atoms with Gasteiger partial charge in [-0.3, -0.25) is 9.59 Å². The highest BCUT2D eigenvalue weighted by atomic mass is 16.2. The van der Waals surface area contributed by atoms with Crippen LogP contribution in [0.5, 0.6) is 0 Å². The third kappa shape index (κ3) is 4.93. The van der Waals surface area contributed by atoms with Crippen molar-refractivity contribution in [2.75, 3.05) is 7.05 Å². The summed E-state index contributed by atoms with van der Waals surface area (Å²) in [6.07, 6.45) is 0. The predicted molar refractivity (Wildman–Crippen MR) is 100 cm³/mol. The summed E-state index contributed by atoms with van der Waals surface area (Å²) < 4.78 is 0. The number of carbonyl (C=O) groups excluding carboxylic acids is 2. The van der Waals surface area contributed by atoms with Gasteiger partial charge in [0.25, 0.3) is 5.91 Å². The van der Waals surface area contributed by atoms with Gasteiger partial charge in [-0.1, -0.05) is 44.2 Å². The highest BCUT2D eigenvalue weighted by Gasteiger charge is 2.27. The van der Waals surface area contributed by atoms with E-state index in [-0.39, 0.29) is 17.7 Å². The van der Waals surface area contributed by atoms with E-state index in [2.05, 4.69) is 11.4 Å². The average molecular weight is 349 g/mol. The summed E-state index contributed by atoms with van der Waals surface area (Å²) in [5.74, 6) is -0.448. The first-order chi connectivity index (χ1) is 12.4. The first kappa shape index (κ1) is 19.2. The average Bonchev–Trinajstić information content (AvgIpc) is 2.66. The van der Waals surface area contributed by atoms with Crippen molar-refractivity contribution in [3.05, 3.63) is 71.3 Å². The van der Waals surface area contributed by atoms with Crippen LogP contribution < -0.4 is 5.32 Å². The van der Waals surface area contributed by atoms with Gasteiger partial charge >= 0.3 is 0 Å². The molecule has 0 aromatic heterocycles. The fourth-order valence-electron chi connectivity index (χ4n) is 2.60. The highest BCUT2D eigenvalue weighted by molar-refractivity contribution is 5.97. The topological polar surface area (TPSA) is 73.2 Å². The molecule has 2 amide bonds. The zero-order valence-corrected chi connectivity index (χ0v) is 15.3. The predicted octanol–water partition coefficient (Wildman–Crippen LogP) is 2.97. The molecule has 5 nitrogen and oxygen atoms in total. The molecular weight excluding hydrogens is 326 g/mol. The number of rotatable bonds is 6. The molecule has 0 saturated heterocycles. The molecule has 0 bridgehead atoms. The molecule has 0 heterocycles. The fraction of sp³-hybridized carbons (Fsp3) is 0.286. The molecule has 26 heavy (non-hydrogen) atoms. The number of nitrogens with one attached hydrogen (secondary N) is 1. The van der Waals surface area contributed by atoms with E-state index in [4.69, 9.17) is 5.26 Å². The van der Waals surface area contributed by atoms with Crippen LogP contribution in [0.1, 0.15) is 35.3 Å². The number of nitriles is 1. The molecule has 1 N–H and O–H groups in total. The number of amides is 2. The molecule has 5 heteroatoms. The second-order valence-corrected chi connectivity index (χ2v) is 6.56. The Hall–Kier alpha value is -3.13. The van der Waals surface area contributed by atoms with Crippen LogP contribution in [-0.2, 0) is 11.3 Å². The van der Waals surface area contributed by atoms with Gasteiger partial charge in [0.15, 0.2) is 0 Å². The summed E-state index contributed by atoms with van der Waals surface area (Å²) in [6.45, 7) is 4.22. The number of likely N-dealkylation sites (N-methyl/N-ethyl adjacent to an activating group) is 1. The van der Waals surface area contributed by atoms with Crippen molar-refractivity contribution in [3.8, 4) is 6.07 Å². The zero-order chi connectivity index (χ0) is 19.1. The van der Waals surface area contributed by atoms with Gasteiger partial charge in [-0.05, 0) is 35.7 Å². The van der Waals surface area contributed by atoms with Gasteiger partial charge in [0.1, 0.15) is 6.04 Å².